The van der Waals surface area contributed by atoms with Gasteiger partial charge in [0.05, 0.1) is 18.4 Å². The zero-order chi connectivity index (χ0) is 22.3. The molecule has 0 aliphatic heterocycles. The van der Waals surface area contributed by atoms with E-state index in [1.165, 1.54) is 12.1 Å². The molecule has 1 rings (SSSR count). The number of alkyl halides is 3. The molecule has 0 spiro atoms. The van der Waals surface area contributed by atoms with Gasteiger partial charge in [-0.25, -0.2) is 18.1 Å². The highest BCUT2D eigenvalue weighted by atomic mass is 127. The topological polar surface area (TPSA) is 91.8 Å². The Morgan fingerprint density at radius 1 is 1.13 bits per heavy atom. The van der Waals surface area contributed by atoms with Gasteiger partial charge in [0.15, 0.2) is 5.96 Å². The summed E-state index contributed by atoms with van der Waals surface area (Å²) >= 11 is 0. The molecule has 0 saturated carbocycles. The molecule has 3 N–H and O–H groups in total. The van der Waals surface area contributed by atoms with E-state index in [0.29, 0.717) is 6.54 Å². The largest absolute Gasteiger partial charge is 0.488 e. The zero-order valence-electron chi connectivity index (χ0n) is 17.7. The fraction of sp³-hybridized carbons (Fsp3) is 0.611. The van der Waals surface area contributed by atoms with Crippen molar-refractivity contribution in [1.29, 1.82) is 0 Å². The Kier molecular flexibility index (Phi) is 11.4. The van der Waals surface area contributed by atoms with E-state index in [2.05, 4.69) is 20.3 Å². The third-order valence-corrected chi connectivity index (χ3v) is 4.07. The van der Waals surface area contributed by atoms with Crippen molar-refractivity contribution in [3.63, 3.8) is 0 Å². The molecule has 0 unspecified atom stereocenters. The fourth-order valence-electron chi connectivity index (χ4n) is 2.30. The number of nitrogens with zero attached hydrogens (tertiary/aromatic N) is 1. The Labute approximate surface area is 193 Å². The molecule has 0 heterocycles. The highest BCUT2D eigenvalue weighted by Gasteiger charge is 2.34. The first-order valence-electron chi connectivity index (χ1n) is 9.07. The molecule has 0 fully saturated rings. The van der Waals surface area contributed by atoms with Crippen molar-refractivity contribution in [2.75, 3.05) is 25.9 Å². The van der Waals surface area contributed by atoms with Gasteiger partial charge >= 0.3 is 6.18 Å². The van der Waals surface area contributed by atoms with E-state index in [1.54, 1.807) is 20.8 Å². The van der Waals surface area contributed by atoms with Gasteiger partial charge in [-0.15, -0.1) is 24.0 Å². The van der Waals surface area contributed by atoms with Crippen LogP contribution in [0.2, 0.25) is 0 Å². The molecule has 174 valence electrons. The van der Waals surface area contributed by atoms with Crippen LogP contribution in [0.15, 0.2) is 23.2 Å². The maximum absolute atomic E-state index is 13.5. The molecule has 0 aromatic heterocycles. The minimum absolute atomic E-state index is 0. The predicted octanol–water partition coefficient (Wildman–Crippen LogP) is 3.11. The minimum Gasteiger partial charge on any atom is -0.488 e. The average Bonchev–Trinajstić information content (AvgIpc) is 2.54. The number of sulfonamides is 1. The molecule has 0 saturated heterocycles. The van der Waals surface area contributed by atoms with Crippen LogP contribution in [0.25, 0.3) is 0 Å². The Balaban J connectivity index is 0.00000841. The summed E-state index contributed by atoms with van der Waals surface area (Å²) in [5.41, 5.74) is -1.42. The molecule has 12 heteroatoms. The second kappa shape index (κ2) is 11.9. The van der Waals surface area contributed by atoms with Crippen molar-refractivity contribution in [1.82, 2.24) is 15.4 Å². The number of nitrogens with one attached hydrogen (secondary N) is 3. The third kappa shape index (κ3) is 11.8. The summed E-state index contributed by atoms with van der Waals surface area (Å²) < 4.78 is 70.4. The van der Waals surface area contributed by atoms with Crippen LogP contribution in [-0.4, -0.2) is 45.9 Å². The van der Waals surface area contributed by atoms with Gasteiger partial charge in [0, 0.05) is 19.6 Å². The van der Waals surface area contributed by atoms with Gasteiger partial charge < -0.3 is 15.4 Å². The molecule has 30 heavy (non-hydrogen) atoms. The molecule has 0 radical (unpaired) electrons. The molecule has 0 amide bonds. The summed E-state index contributed by atoms with van der Waals surface area (Å²) in [6.07, 6.45) is -3.51. The average molecular weight is 566 g/mol. The van der Waals surface area contributed by atoms with E-state index in [0.717, 1.165) is 12.3 Å². The lowest BCUT2D eigenvalue weighted by Crippen LogP contribution is -2.41. The van der Waals surface area contributed by atoms with Gasteiger partial charge in [-0.3, -0.25) is 0 Å². The first kappa shape index (κ1) is 28.7. The maximum Gasteiger partial charge on any atom is 0.416 e. The van der Waals surface area contributed by atoms with Gasteiger partial charge in [-0.2, -0.15) is 13.2 Å². The molecule has 0 aliphatic rings. The summed E-state index contributed by atoms with van der Waals surface area (Å²) in [6.45, 7) is 7.71. The molecular formula is C18H30F3IN4O3S. The maximum atomic E-state index is 13.5. The summed E-state index contributed by atoms with van der Waals surface area (Å²) in [5.74, 6) is 0.417. The standard InChI is InChI=1S/C18H29F3N4O3S.HI/c1-6-22-16(23-9-10-25-29(5,26)27)24-12-13-7-8-14(28-17(2,3)4)11-15(13)18(19,20)21;/h7-8,11,25H,6,9-10,12H2,1-5H3,(H2,22,23,24);1H. The van der Waals surface area contributed by atoms with Crippen molar-refractivity contribution >= 4 is 40.0 Å². The summed E-state index contributed by atoms with van der Waals surface area (Å²) in [6, 6.07) is 3.82. The van der Waals surface area contributed by atoms with Crippen LogP contribution >= 0.6 is 24.0 Å². The molecule has 0 bridgehead atoms. The Hall–Kier alpha value is -1.28. The van der Waals surface area contributed by atoms with Gasteiger partial charge in [0.25, 0.3) is 0 Å². The van der Waals surface area contributed by atoms with Crippen molar-refractivity contribution in [2.45, 2.75) is 46.0 Å². The molecule has 7 nitrogen and oxygen atoms in total. The van der Waals surface area contributed by atoms with Crippen LogP contribution in [0.3, 0.4) is 0 Å². The smallest absolute Gasteiger partial charge is 0.416 e. The van der Waals surface area contributed by atoms with Crippen molar-refractivity contribution < 1.29 is 26.3 Å². The van der Waals surface area contributed by atoms with Crippen LogP contribution < -0.4 is 20.1 Å². The van der Waals surface area contributed by atoms with Crippen LogP contribution in [0, 0.1) is 0 Å². The SMILES string of the molecule is CCNC(=NCc1ccc(OC(C)(C)C)cc1C(F)(F)F)NCCNS(C)(=O)=O.I. The second-order valence-electron chi connectivity index (χ2n) is 7.32. The van der Waals surface area contributed by atoms with Crippen LogP contribution in [0.1, 0.15) is 38.8 Å². The number of halogens is 4. The lowest BCUT2D eigenvalue weighted by molar-refractivity contribution is -0.138. The molecule has 1 aromatic carbocycles. The third-order valence-electron chi connectivity index (χ3n) is 3.34. The van der Waals surface area contributed by atoms with E-state index < -0.39 is 27.4 Å². The van der Waals surface area contributed by atoms with E-state index in [9.17, 15) is 21.6 Å². The highest BCUT2D eigenvalue weighted by Crippen LogP contribution is 2.35. The number of benzene rings is 1. The van der Waals surface area contributed by atoms with Crippen molar-refractivity contribution in [3.05, 3.63) is 29.3 Å². The molecular weight excluding hydrogens is 536 g/mol. The van der Waals surface area contributed by atoms with E-state index in [1.807, 2.05) is 6.92 Å². The van der Waals surface area contributed by atoms with E-state index in [-0.39, 0.29) is 60.9 Å². The zero-order valence-corrected chi connectivity index (χ0v) is 20.8. The van der Waals surface area contributed by atoms with E-state index >= 15 is 0 Å². The monoisotopic (exact) mass is 566 g/mol. The highest BCUT2D eigenvalue weighted by molar-refractivity contribution is 14.0. The Bertz CT molecular complexity index is 810. The summed E-state index contributed by atoms with van der Waals surface area (Å²) in [4.78, 5) is 4.17. The van der Waals surface area contributed by atoms with Crippen molar-refractivity contribution in [2.24, 2.45) is 4.99 Å². The summed E-state index contributed by atoms with van der Waals surface area (Å²) in [7, 11) is -3.32. The number of ether oxygens (including phenoxy) is 1. The predicted molar refractivity (Wildman–Crippen MR) is 123 cm³/mol. The number of rotatable bonds is 8. The van der Waals surface area contributed by atoms with Crippen LogP contribution in [-0.2, 0) is 22.7 Å². The Morgan fingerprint density at radius 3 is 2.27 bits per heavy atom. The lowest BCUT2D eigenvalue weighted by Gasteiger charge is -2.22. The van der Waals surface area contributed by atoms with Gasteiger partial charge in [0.2, 0.25) is 10.0 Å². The number of hydrogen-bond acceptors (Lipinski definition) is 4. The van der Waals surface area contributed by atoms with Gasteiger partial charge in [-0.05, 0) is 45.4 Å². The van der Waals surface area contributed by atoms with Crippen molar-refractivity contribution in [3.8, 4) is 5.75 Å². The molecule has 0 atom stereocenters. The van der Waals surface area contributed by atoms with Crippen LogP contribution in [0.5, 0.6) is 5.75 Å². The van der Waals surface area contributed by atoms with Gasteiger partial charge in [-0.1, -0.05) is 6.07 Å². The first-order valence-corrected chi connectivity index (χ1v) is 11.0. The first-order chi connectivity index (χ1) is 13.2. The molecule has 0 aliphatic carbocycles. The van der Waals surface area contributed by atoms with Crippen LogP contribution in [0.4, 0.5) is 13.2 Å². The second-order valence-corrected chi connectivity index (χ2v) is 9.15. The number of aliphatic imine (C=N–C) groups is 1. The summed E-state index contributed by atoms with van der Waals surface area (Å²) in [5, 5.41) is 5.78. The normalized spacial score (nSPS) is 12.9. The fourth-order valence-corrected chi connectivity index (χ4v) is 2.77. The quantitative estimate of drug-likeness (QED) is 0.195. The molecule has 1 aromatic rings. The minimum atomic E-state index is -4.55. The Morgan fingerprint density at radius 2 is 1.77 bits per heavy atom. The number of hydrogen-bond donors (Lipinski definition) is 3. The lowest BCUT2D eigenvalue weighted by atomic mass is 10.1. The van der Waals surface area contributed by atoms with Gasteiger partial charge in [0.1, 0.15) is 11.4 Å². The van der Waals surface area contributed by atoms with E-state index in [4.69, 9.17) is 4.74 Å². The number of guanidine groups is 1.